The second-order valence-corrected chi connectivity index (χ2v) is 7.91. The van der Waals surface area contributed by atoms with Crippen LogP contribution in [-0.2, 0) is 0 Å². The topological polar surface area (TPSA) is 62.8 Å². The third-order valence-electron chi connectivity index (χ3n) is 4.36. The van der Waals surface area contributed by atoms with E-state index in [1.54, 1.807) is 18.7 Å². The average Bonchev–Trinajstić information content (AvgIpc) is 2.80. The van der Waals surface area contributed by atoms with Crippen LogP contribution in [-0.4, -0.2) is 10.8 Å². The van der Waals surface area contributed by atoms with Gasteiger partial charge in [0.2, 0.25) is 0 Å². The summed E-state index contributed by atoms with van der Waals surface area (Å²) in [6.07, 6.45) is 0.435. The van der Waals surface area contributed by atoms with Crippen molar-refractivity contribution in [1.82, 2.24) is 0 Å². The van der Waals surface area contributed by atoms with Crippen molar-refractivity contribution in [1.29, 1.82) is 0 Å². The van der Waals surface area contributed by atoms with Crippen molar-refractivity contribution in [2.75, 3.05) is 0 Å². The number of para-hydroxylation sites is 1. The van der Waals surface area contributed by atoms with Crippen molar-refractivity contribution in [2.45, 2.75) is 23.5 Å². The highest BCUT2D eigenvalue weighted by Gasteiger charge is 2.27. The first kappa shape index (κ1) is 17.9. The zero-order chi connectivity index (χ0) is 19.0. The summed E-state index contributed by atoms with van der Waals surface area (Å²) in [7, 11) is 0. The molecule has 1 aliphatic rings. The molecule has 1 atom stereocenters. The van der Waals surface area contributed by atoms with Crippen LogP contribution in [0.1, 0.15) is 28.6 Å². The van der Waals surface area contributed by atoms with Crippen LogP contribution in [0.3, 0.4) is 0 Å². The third kappa shape index (κ3) is 3.53. The summed E-state index contributed by atoms with van der Waals surface area (Å²) in [5, 5.41) is 11.0. The van der Waals surface area contributed by atoms with Crippen LogP contribution in [0.25, 0.3) is 0 Å². The Morgan fingerprint density at radius 3 is 2.70 bits per heavy atom. The minimum Gasteiger partial charge on any atom is -0.507 e. The Balaban J connectivity index is 1.90. The zero-order valence-electron chi connectivity index (χ0n) is 14.5. The SMILES string of the molecule is Cc1cc(O)c(C2=Nc3ccccc3S[C@H](c3ccccc3Cl)C2)c(=O)o1. The molecule has 1 aromatic heterocycles. The van der Waals surface area contributed by atoms with Gasteiger partial charge in [-0.15, -0.1) is 11.8 Å². The second kappa shape index (κ2) is 7.25. The highest BCUT2D eigenvalue weighted by Crippen LogP contribution is 2.47. The fourth-order valence-corrected chi connectivity index (χ4v) is 4.74. The molecule has 0 aliphatic carbocycles. The van der Waals surface area contributed by atoms with Crippen molar-refractivity contribution in [2.24, 2.45) is 4.99 Å². The summed E-state index contributed by atoms with van der Waals surface area (Å²) in [6.45, 7) is 1.62. The van der Waals surface area contributed by atoms with Crippen LogP contribution in [0, 0.1) is 6.92 Å². The number of hydrogen-bond donors (Lipinski definition) is 1. The molecule has 3 aromatic rings. The number of nitrogens with zero attached hydrogens (tertiary/aromatic N) is 1. The van der Waals surface area contributed by atoms with Crippen LogP contribution in [0.4, 0.5) is 5.69 Å². The van der Waals surface area contributed by atoms with Crippen molar-refractivity contribution >= 4 is 34.8 Å². The molecular weight excluding hydrogens is 382 g/mol. The van der Waals surface area contributed by atoms with Gasteiger partial charge in [-0.3, -0.25) is 4.99 Å². The average molecular weight is 398 g/mol. The molecular formula is C21H16ClNO3S. The molecule has 4 rings (SSSR count). The van der Waals surface area contributed by atoms with E-state index in [0.717, 1.165) is 16.1 Å². The Kier molecular flexibility index (Phi) is 4.81. The summed E-state index contributed by atoms with van der Waals surface area (Å²) in [4.78, 5) is 18.1. The number of aliphatic imine (C=N–C) groups is 1. The van der Waals surface area contributed by atoms with Gasteiger partial charge < -0.3 is 9.52 Å². The lowest BCUT2D eigenvalue weighted by atomic mass is 10.0. The molecule has 4 nitrogen and oxygen atoms in total. The van der Waals surface area contributed by atoms with Gasteiger partial charge in [0.15, 0.2) is 0 Å². The number of aromatic hydroxyl groups is 1. The smallest absolute Gasteiger partial charge is 0.348 e. The van der Waals surface area contributed by atoms with Crippen LogP contribution >= 0.6 is 23.4 Å². The highest BCUT2D eigenvalue weighted by molar-refractivity contribution is 7.99. The van der Waals surface area contributed by atoms with Gasteiger partial charge in [0.05, 0.1) is 11.4 Å². The van der Waals surface area contributed by atoms with E-state index in [1.165, 1.54) is 6.07 Å². The van der Waals surface area contributed by atoms with Crippen molar-refractivity contribution < 1.29 is 9.52 Å². The number of rotatable bonds is 2. The first-order valence-electron chi connectivity index (χ1n) is 8.44. The van der Waals surface area contributed by atoms with Crippen LogP contribution in [0.5, 0.6) is 5.75 Å². The molecule has 0 fully saturated rings. The van der Waals surface area contributed by atoms with Gasteiger partial charge in [0.1, 0.15) is 17.1 Å². The molecule has 27 heavy (non-hydrogen) atoms. The quantitative estimate of drug-likeness (QED) is 0.605. The van der Waals surface area contributed by atoms with Gasteiger partial charge in [0, 0.05) is 27.7 Å². The number of halogens is 1. The minimum absolute atomic E-state index is 0.0544. The van der Waals surface area contributed by atoms with Crippen molar-refractivity contribution in [3.05, 3.63) is 86.9 Å². The van der Waals surface area contributed by atoms with E-state index in [9.17, 15) is 9.90 Å². The monoisotopic (exact) mass is 397 g/mol. The largest absolute Gasteiger partial charge is 0.507 e. The lowest BCUT2D eigenvalue weighted by molar-refractivity contribution is 0.432. The number of aryl methyl sites for hydroxylation is 1. The molecule has 0 unspecified atom stereocenters. The van der Waals surface area contributed by atoms with Gasteiger partial charge in [-0.05, 0) is 30.7 Å². The second-order valence-electron chi connectivity index (χ2n) is 6.26. The summed E-state index contributed by atoms with van der Waals surface area (Å²) in [5.41, 5.74) is 1.73. The first-order chi connectivity index (χ1) is 13.0. The Morgan fingerprint density at radius 1 is 1.19 bits per heavy atom. The third-order valence-corrected chi connectivity index (χ3v) is 6.01. The van der Waals surface area contributed by atoms with E-state index in [2.05, 4.69) is 0 Å². The molecule has 0 amide bonds. The molecule has 2 heterocycles. The highest BCUT2D eigenvalue weighted by atomic mass is 35.5. The molecule has 136 valence electrons. The standard InChI is InChI=1S/C21H16ClNO3S/c1-12-10-17(24)20(21(25)26-12)16-11-19(13-6-2-3-7-14(13)22)27-18-9-5-4-8-15(18)23-16/h2-10,19,24H,11H2,1H3/t19-/m0/s1. The molecule has 0 saturated carbocycles. The fourth-order valence-electron chi connectivity index (χ4n) is 3.14. The molecule has 0 radical (unpaired) electrons. The van der Waals surface area contributed by atoms with Crippen molar-refractivity contribution in [3.63, 3.8) is 0 Å². The fraction of sp³-hybridized carbons (Fsp3) is 0.143. The predicted molar refractivity (Wildman–Crippen MR) is 109 cm³/mol. The molecule has 6 heteroatoms. The lowest BCUT2D eigenvalue weighted by Gasteiger charge is -2.17. The van der Waals surface area contributed by atoms with E-state index in [1.807, 2.05) is 48.5 Å². The van der Waals surface area contributed by atoms with Gasteiger partial charge in [-0.25, -0.2) is 4.79 Å². The Labute approximate surface area is 165 Å². The molecule has 1 aliphatic heterocycles. The number of benzene rings is 2. The molecule has 2 aromatic carbocycles. The van der Waals surface area contributed by atoms with E-state index < -0.39 is 5.63 Å². The van der Waals surface area contributed by atoms with Crippen molar-refractivity contribution in [3.8, 4) is 5.75 Å². The van der Waals surface area contributed by atoms with Gasteiger partial charge in [-0.1, -0.05) is 41.9 Å². The Morgan fingerprint density at radius 2 is 1.93 bits per heavy atom. The maximum Gasteiger partial charge on any atom is 0.348 e. The number of fused-ring (bicyclic) bond motifs is 1. The summed E-state index contributed by atoms with van der Waals surface area (Å²) in [5.74, 6) is 0.234. The predicted octanol–water partition coefficient (Wildman–Crippen LogP) is 5.67. The summed E-state index contributed by atoms with van der Waals surface area (Å²) < 4.78 is 5.21. The Bertz CT molecular complexity index is 1110. The normalized spacial score (nSPS) is 16.4. The molecule has 0 bridgehead atoms. The maximum atomic E-state index is 12.5. The van der Waals surface area contributed by atoms with Gasteiger partial charge >= 0.3 is 5.63 Å². The summed E-state index contributed by atoms with van der Waals surface area (Å²) >= 11 is 8.08. The van der Waals surface area contributed by atoms with E-state index in [4.69, 9.17) is 21.0 Å². The summed E-state index contributed by atoms with van der Waals surface area (Å²) in [6, 6.07) is 16.8. The number of thioether (sulfide) groups is 1. The lowest BCUT2D eigenvalue weighted by Crippen LogP contribution is -2.17. The maximum absolute atomic E-state index is 12.5. The first-order valence-corrected chi connectivity index (χ1v) is 9.70. The van der Waals surface area contributed by atoms with Crippen LogP contribution < -0.4 is 5.63 Å². The zero-order valence-corrected chi connectivity index (χ0v) is 16.1. The van der Waals surface area contributed by atoms with E-state index in [-0.39, 0.29) is 16.6 Å². The van der Waals surface area contributed by atoms with Gasteiger partial charge in [-0.2, -0.15) is 0 Å². The van der Waals surface area contributed by atoms with Gasteiger partial charge in [0.25, 0.3) is 0 Å². The van der Waals surface area contributed by atoms with Crippen LogP contribution in [0.2, 0.25) is 5.02 Å². The van der Waals surface area contributed by atoms with E-state index >= 15 is 0 Å². The molecule has 0 spiro atoms. The van der Waals surface area contributed by atoms with E-state index in [0.29, 0.717) is 22.9 Å². The Hall–Kier alpha value is -2.50. The molecule has 1 N–H and O–H groups in total. The van der Waals surface area contributed by atoms with Crippen LogP contribution in [0.15, 0.2) is 73.7 Å². The molecule has 0 saturated heterocycles. The number of hydrogen-bond acceptors (Lipinski definition) is 5. The minimum atomic E-state index is -0.589.